The number of benzene rings is 2. The average molecular weight is 570 g/mol. The van der Waals surface area contributed by atoms with Crippen LogP contribution in [0.5, 0.6) is 17.2 Å². The number of hydrogen-bond acceptors (Lipinski definition) is 12. The molecule has 0 unspecified atom stereocenters. The molecule has 1 saturated heterocycles. The summed E-state index contributed by atoms with van der Waals surface area (Å²) in [6.45, 7) is 0.457. The number of azide groups is 1. The zero-order valence-electron chi connectivity index (χ0n) is 22.0. The molecule has 0 spiro atoms. The van der Waals surface area contributed by atoms with Crippen molar-refractivity contribution < 1.29 is 54.1 Å². The number of carbonyl (C=O) groups is 3. The van der Waals surface area contributed by atoms with Crippen LogP contribution in [-0.2, 0) is 20.7 Å². The second-order valence-corrected chi connectivity index (χ2v) is 10.3. The molecule has 0 bridgehead atoms. The number of Topliss-reactive ketones (excluding diaryl/α,β-unsaturated/α-hetero) is 1. The van der Waals surface area contributed by atoms with Crippen molar-refractivity contribution in [3.8, 4) is 17.2 Å². The molecular weight excluding hydrogens is 542 g/mol. The van der Waals surface area contributed by atoms with E-state index >= 15 is 0 Å². The van der Waals surface area contributed by atoms with Crippen LogP contribution >= 0.6 is 0 Å². The molecule has 0 amide bonds. The van der Waals surface area contributed by atoms with E-state index in [1.54, 1.807) is 0 Å². The minimum atomic E-state index is -2.29. The maximum atomic E-state index is 13.7. The third-order valence-electron chi connectivity index (χ3n) is 7.93. The summed E-state index contributed by atoms with van der Waals surface area (Å²) >= 11 is 0. The first-order valence-corrected chi connectivity index (χ1v) is 12.7. The summed E-state index contributed by atoms with van der Waals surface area (Å²) in [6.07, 6.45) is -5.91. The fourth-order valence-corrected chi connectivity index (χ4v) is 5.87. The molecule has 14 heteroatoms. The zero-order valence-corrected chi connectivity index (χ0v) is 22.0. The highest BCUT2D eigenvalue weighted by molar-refractivity contribution is 6.31. The van der Waals surface area contributed by atoms with Gasteiger partial charge in [0.2, 0.25) is 5.78 Å². The Morgan fingerprint density at radius 2 is 1.90 bits per heavy atom. The largest absolute Gasteiger partial charge is 0.507 e. The molecule has 2 aromatic rings. The van der Waals surface area contributed by atoms with Crippen molar-refractivity contribution in [1.82, 2.24) is 0 Å². The summed E-state index contributed by atoms with van der Waals surface area (Å²) in [7, 11) is 1.31. The fourth-order valence-electron chi connectivity index (χ4n) is 5.87. The van der Waals surface area contributed by atoms with Crippen LogP contribution in [0.2, 0.25) is 0 Å². The summed E-state index contributed by atoms with van der Waals surface area (Å²) in [5.74, 6) is -3.97. The minimum absolute atomic E-state index is 0.0750. The van der Waals surface area contributed by atoms with Crippen LogP contribution in [0.3, 0.4) is 0 Å². The predicted molar refractivity (Wildman–Crippen MR) is 137 cm³/mol. The van der Waals surface area contributed by atoms with Gasteiger partial charge < -0.3 is 39.7 Å². The number of aliphatic hydroxyl groups is 3. The van der Waals surface area contributed by atoms with E-state index in [4.69, 9.17) is 19.7 Å². The van der Waals surface area contributed by atoms with E-state index in [0.717, 1.165) is 0 Å². The Balaban J connectivity index is 1.67. The molecule has 3 aliphatic rings. The summed E-state index contributed by atoms with van der Waals surface area (Å²) in [6, 6.07) is 3.36. The molecule has 1 heterocycles. The van der Waals surface area contributed by atoms with Gasteiger partial charge in [-0.25, -0.2) is 0 Å². The topological polar surface area (TPSA) is 229 Å². The molecule has 5 rings (SSSR count). The molecule has 5 N–H and O–H groups in total. The van der Waals surface area contributed by atoms with Crippen molar-refractivity contribution in [2.75, 3.05) is 13.7 Å². The van der Waals surface area contributed by atoms with E-state index < -0.39 is 95.7 Å². The molecule has 41 heavy (non-hydrogen) atoms. The molecule has 216 valence electrons. The molecule has 2 aliphatic carbocycles. The Hall–Kier alpha value is -4.04. The summed E-state index contributed by atoms with van der Waals surface area (Å²) in [5, 5.41) is 57.6. The van der Waals surface area contributed by atoms with Crippen LogP contribution in [0.1, 0.15) is 68.8 Å². The van der Waals surface area contributed by atoms with Gasteiger partial charge in [0.1, 0.15) is 29.5 Å². The summed E-state index contributed by atoms with van der Waals surface area (Å²) in [5.41, 5.74) is 4.99. The van der Waals surface area contributed by atoms with Crippen LogP contribution < -0.4 is 4.74 Å². The first kappa shape index (κ1) is 28.5. The lowest BCUT2D eigenvalue weighted by molar-refractivity contribution is -0.247. The van der Waals surface area contributed by atoms with Crippen molar-refractivity contribution >= 4 is 17.3 Å². The smallest absolute Gasteiger partial charge is 0.202 e. The van der Waals surface area contributed by atoms with Gasteiger partial charge in [-0.15, -0.1) is 0 Å². The number of ketones is 3. The number of aliphatic hydroxyl groups excluding tert-OH is 2. The Morgan fingerprint density at radius 1 is 1.20 bits per heavy atom. The number of hydrogen-bond donors (Lipinski definition) is 5. The first-order chi connectivity index (χ1) is 19.5. The van der Waals surface area contributed by atoms with Crippen molar-refractivity contribution in [1.29, 1.82) is 0 Å². The lowest BCUT2D eigenvalue weighted by atomic mass is 9.72. The Bertz CT molecular complexity index is 1520. The predicted octanol–water partition coefficient (Wildman–Crippen LogP) is 1.35. The second kappa shape index (κ2) is 10.4. The monoisotopic (exact) mass is 569 g/mol. The van der Waals surface area contributed by atoms with Gasteiger partial charge in [-0.05, 0) is 18.5 Å². The molecule has 2 aromatic carbocycles. The number of rotatable bonds is 6. The zero-order chi connectivity index (χ0) is 29.8. The standard InChI is InChI=1S/C27H27N3O11/c1-10-22(33)13(29-30-28)6-17(40-10)41-15-8-27(38,16(32)9-31)7-12-19(15)26(37)21-20(24(12)35)23(34)11-4-3-5-14(39-2)18(11)25(21)36/h3-5,10,13,15,17,22,31,33,35,37-38H,6-9H2,1-2H3/t10-,13-,15-,17-,22-,27-/m0/s1. The van der Waals surface area contributed by atoms with E-state index in [1.807, 2.05) is 0 Å². The number of aromatic hydroxyl groups is 2. The number of phenols is 2. The third kappa shape index (κ3) is 4.41. The molecule has 0 aromatic heterocycles. The van der Waals surface area contributed by atoms with Crippen LogP contribution in [0, 0.1) is 0 Å². The van der Waals surface area contributed by atoms with Gasteiger partial charge in [-0.1, -0.05) is 17.2 Å². The highest BCUT2D eigenvalue weighted by Crippen LogP contribution is 2.52. The van der Waals surface area contributed by atoms with E-state index in [9.17, 15) is 39.9 Å². The lowest BCUT2D eigenvalue weighted by Crippen LogP contribution is -2.50. The number of fused-ring (bicyclic) bond motifs is 3. The molecule has 0 saturated carbocycles. The Kier molecular flexibility index (Phi) is 7.24. The lowest BCUT2D eigenvalue weighted by Gasteiger charge is -2.42. The van der Waals surface area contributed by atoms with Gasteiger partial charge in [0.15, 0.2) is 17.9 Å². The maximum Gasteiger partial charge on any atom is 0.202 e. The summed E-state index contributed by atoms with van der Waals surface area (Å²) < 4.78 is 17.0. The van der Waals surface area contributed by atoms with Crippen molar-refractivity contribution in [2.45, 2.75) is 62.4 Å². The van der Waals surface area contributed by atoms with Gasteiger partial charge in [0.05, 0.1) is 48.2 Å². The number of methoxy groups -OCH3 is 1. The van der Waals surface area contributed by atoms with Crippen LogP contribution in [0.4, 0.5) is 0 Å². The third-order valence-corrected chi connectivity index (χ3v) is 7.93. The van der Waals surface area contributed by atoms with Crippen LogP contribution in [-0.4, -0.2) is 86.7 Å². The number of ether oxygens (including phenoxy) is 3. The second-order valence-electron chi connectivity index (χ2n) is 10.3. The summed E-state index contributed by atoms with van der Waals surface area (Å²) in [4.78, 5) is 42.6. The van der Waals surface area contributed by atoms with Crippen molar-refractivity contribution in [2.24, 2.45) is 5.11 Å². The van der Waals surface area contributed by atoms with Gasteiger partial charge in [0.25, 0.3) is 0 Å². The van der Waals surface area contributed by atoms with Gasteiger partial charge in [0, 0.05) is 40.9 Å². The molecular formula is C27H27N3O11. The highest BCUT2D eigenvalue weighted by Gasteiger charge is 2.50. The van der Waals surface area contributed by atoms with E-state index in [-0.39, 0.29) is 34.4 Å². The Morgan fingerprint density at radius 3 is 2.56 bits per heavy atom. The molecule has 1 fully saturated rings. The van der Waals surface area contributed by atoms with Crippen molar-refractivity contribution in [3.05, 3.63) is 62.0 Å². The van der Waals surface area contributed by atoms with Crippen LogP contribution in [0.25, 0.3) is 10.4 Å². The van der Waals surface area contributed by atoms with Gasteiger partial charge >= 0.3 is 0 Å². The minimum Gasteiger partial charge on any atom is -0.507 e. The highest BCUT2D eigenvalue weighted by atomic mass is 16.7. The van der Waals surface area contributed by atoms with E-state index in [0.29, 0.717) is 0 Å². The number of nitrogens with zero attached hydrogens (tertiary/aromatic N) is 3. The van der Waals surface area contributed by atoms with Gasteiger partial charge in [-0.2, -0.15) is 0 Å². The van der Waals surface area contributed by atoms with Gasteiger partial charge in [-0.3, -0.25) is 14.4 Å². The average Bonchev–Trinajstić information content (AvgIpc) is 2.95. The number of carbonyl (C=O) groups excluding carboxylic acids is 3. The molecule has 1 aliphatic heterocycles. The molecule has 14 nitrogen and oxygen atoms in total. The quantitative estimate of drug-likeness (QED) is 0.123. The SMILES string of the molecule is COc1cccc2c1C(=O)c1c(O)c3c(c(O)c1C2=O)C[C@@](O)(C(=O)CO)C[C@@H]3O[C@H]1C[C@H](N=[N+]=[N-])[C@@H](O)[C@H](C)O1. The fraction of sp³-hybridized carbons (Fsp3) is 0.444. The number of phenolic OH excluding ortho intramolecular Hbond substituents is 2. The van der Waals surface area contributed by atoms with Crippen molar-refractivity contribution in [3.63, 3.8) is 0 Å². The molecule has 6 atom stereocenters. The molecule has 0 radical (unpaired) electrons. The first-order valence-electron chi connectivity index (χ1n) is 12.7. The Labute approximate surface area is 232 Å². The van der Waals surface area contributed by atoms with E-state index in [2.05, 4.69) is 10.0 Å². The van der Waals surface area contributed by atoms with E-state index in [1.165, 1.54) is 32.2 Å². The van der Waals surface area contributed by atoms with Crippen LogP contribution in [0.15, 0.2) is 23.3 Å². The normalized spacial score (nSPS) is 28.7. The maximum absolute atomic E-state index is 13.7.